The molecule has 1 saturated heterocycles. The number of methoxy groups -OCH3 is 1. The number of nitriles is 1. The van der Waals surface area contributed by atoms with Crippen molar-refractivity contribution in [2.24, 2.45) is 11.8 Å². The molecule has 0 amide bonds. The normalized spacial score (nSPS) is 27.9. The number of hydrogen-bond acceptors (Lipinski definition) is 4. The highest BCUT2D eigenvalue weighted by Crippen LogP contribution is 2.51. The fourth-order valence-corrected chi connectivity index (χ4v) is 4.76. The summed E-state index contributed by atoms with van der Waals surface area (Å²) in [5.74, 6) is 1.56. The molecule has 2 aliphatic rings. The Bertz CT molecular complexity index is 844. The van der Waals surface area contributed by atoms with E-state index in [0.29, 0.717) is 11.5 Å². The highest BCUT2D eigenvalue weighted by Gasteiger charge is 2.52. The molecule has 0 spiro atoms. The van der Waals surface area contributed by atoms with E-state index >= 15 is 0 Å². The van der Waals surface area contributed by atoms with Crippen molar-refractivity contribution in [3.05, 3.63) is 65.2 Å². The van der Waals surface area contributed by atoms with Gasteiger partial charge in [-0.1, -0.05) is 24.3 Å². The van der Waals surface area contributed by atoms with E-state index in [2.05, 4.69) is 17.0 Å². The minimum absolute atomic E-state index is 0.244. The van der Waals surface area contributed by atoms with E-state index < -0.39 is 5.60 Å². The fourth-order valence-electron chi connectivity index (χ4n) is 4.76. The smallest absolute Gasteiger partial charge is 0.119 e. The van der Waals surface area contributed by atoms with Crippen LogP contribution in [0.1, 0.15) is 29.5 Å². The lowest BCUT2D eigenvalue weighted by Gasteiger charge is -2.31. The van der Waals surface area contributed by atoms with Crippen LogP contribution in [0.25, 0.3) is 0 Å². The maximum Gasteiger partial charge on any atom is 0.119 e. The Hall–Kier alpha value is -2.35. The molecule has 4 rings (SSSR count). The summed E-state index contributed by atoms with van der Waals surface area (Å²) in [5, 5.41) is 20.6. The summed E-state index contributed by atoms with van der Waals surface area (Å²) in [6, 6.07) is 17.9. The van der Waals surface area contributed by atoms with Gasteiger partial charge in [0.2, 0.25) is 0 Å². The van der Waals surface area contributed by atoms with Crippen molar-refractivity contribution in [2.45, 2.75) is 25.0 Å². The number of likely N-dealkylation sites (tertiary alicyclic amines) is 1. The van der Waals surface area contributed by atoms with Crippen LogP contribution in [-0.4, -0.2) is 30.2 Å². The van der Waals surface area contributed by atoms with E-state index in [9.17, 15) is 5.11 Å². The van der Waals surface area contributed by atoms with Gasteiger partial charge < -0.3 is 9.84 Å². The molecule has 0 unspecified atom stereocenters. The summed E-state index contributed by atoms with van der Waals surface area (Å²) in [7, 11) is 1.66. The van der Waals surface area contributed by atoms with Gasteiger partial charge in [-0.15, -0.1) is 0 Å². The highest BCUT2D eigenvalue weighted by atomic mass is 16.5. The van der Waals surface area contributed by atoms with Crippen molar-refractivity contribution in [1.82, 2.24) is 4.90 Å². The number of aliphatic hydroxyl groups is 1. The quantitative estimate of drug-likeness (QED) is 0.921. The maximum atomic E-state index is 11.5. The van der Waals surface area contributed by atoms with Gasteiger partial charge in [0.15, 0.2) is 0 Å². The molecule has 2 fully saturated rings. The van der Waals surface area contributed by atoms with Crippen molar-refractivity contribution in [2.75, 3.05) is 20.2 Å². The first kappa shape index (κ1) is 17.1. The number of hydrogen-bond donors (Lipinski definition) is 1. The second-order valence-electron chi connectivity index (χ2n) is 7.57. The van der Waals surface area contributed by atoms with Crippen LogP contribution in [0, 0.1) is 23.2 Å². The van der Waals surface area contributed by atoms with E-state index in [1.807, 2.05) is 42.5 Å². The average Bonchev–Trinajstić information content (AvgIpc) is 3.22. The standard InChI is InChI=1S/C22H24N2O2/c1-26-20-7-3-6-19(11-20)22(25)9-8-18-14-24(15-21(18)22)13-17-5-2-4-16(10-17)12-23/h2-7,10-11,18,21,25H,8-9,13-15H2,1H3/t18-,21+,22+/m1/s1. The third-order valence-corrected chi connectivity index (χ3v) is 6.06. The average molecular weight is 348 g/mol. The number of fused-ring (bicyclic) bond motifs is 1. The van der Waals surface area contributed by atoms with Crippen LogP contribution in [0.2, 0.25) is 0 Å². The Labute approximate surface area is 154 Å². The largest absolute Gasteiger partial charge is 0.497 e. The summed E-state index contributed by atoms with van der Waals surface area (Å²) in [5.41, 5.74) is 2.06. The molecule has 4 nitrogen and oxygen atoms in total. The molecule has 0 aromatic heterocycles. The predicted molar refractivity (Wildman–Crippen MR) is 99.5 cm³/mol. The van der Waals surface area contributed by atoms with Gasteiger partial charge in [-0.2, -0.15) is 5.26 Å². The Balaban J connectivity index is 1.52. The zero-order valence-corrected chi connectivity index (χ0v) is 15.1. The summed E-state index contributed by atoms with van der Waals surface area (Å²) in [6.45, 7) is 2.72. The van der Waals surface area contributed by atoms with Gasteiger partial charge in [-0.25, -0.2) is 0 Å². The van der Waals surface area contributed by atoms with Crippen LogP contribution >= 0.6 is 0 Å². The molecule has 1 heterocycles. The SMILES string of the molecule is COc1cccc([C@@]2(O)CC[C@@H]3CN(Cc4cccc(C#N)c4)C[C@@H]32)c1. The van der Waals surface area contributed by atoms with Crippen LogP contribution in [-0.2, 0) is 12.1 Å². The monoisotopic (exact) mass is 348 g/mol. The van der Waals surface area contributed by atoms with Gasteiger partial charge in [0.25, 0.3) is 0 Å². The lowest BCUT2D eigenvalue weighted by Crippen LogP contribution is -2.34. The second kappa shape index (κ2) is 6.75. The topological polar surface area (TPSA) is 56.5 Å². The maximum absolute atomic E-state index is 11.5. The van der Waals surface area contributed by atoms with Gasteiger partial charge in [0, 0.05) is 25.6 Å². The molecule has 1 N–H and O–H groups in total. The van der Waals surface area contributed by atoms with E-state index in [1.54, 1.807) is 7.11 Å². The number of ether oxygens (including phenoxy) is 1. The molecule has 26 heavy (non-hydrogen) atoms. The number of nitrogens with zero attached hydrogens (tertiary/aromatic N) is 2. The van der Waals surface area contributed by atoms with Crippen LogP contribution in [0.15, 0.2) is 48.5 Å². The van der Waals surface area contributed by atoms with Gasteiger partial charge in [0.05, 0.1) is 24.3 Å². The molecule has 1 aliphatic carbocycles. The molecular weight excluding hydrogens is 324 g/mol. The van der Waals surface area contributed by atoms with Crippen molar-refractivity contribution in [1.29, 1.82) is 5.26 Å². The first-order valence-electron chi connectivity index (χ1n) is 9.20. The van der Waals surface area contributed by atoms with Crippen LogP contribution in [0.4, 0.5) is 0 Å². The van der Waals surface area contributed by atoms with Crippen molar-refractivity contribution in [3.8, 4) is 11.8 Å². The lowest BCUT2D eigenvalue weighted by atomic mass is 9.82. The molecule has 3 atom stereocenters. The van der Waals surface area contributed by atoms with Gasteiger partial charge in [-0.05, 0) is 54.2 Å². The van der Waals surface area contributed by atoms with Crippen molar-refractivity contribution in [3.63, 3.8) is 0 Å². The van der Waals surface area contributed by atoms with E-state index in [1.165, 1.54) is 0 Å². The second-order valence-corrected chi connectivity index (χ2v) is 7.57. The minimum atomic E-state index is -0.775. The number of rotatable bonds is 4. The third kappa shape index (κ3) is 2.98. The van der Waals surface area contributed by atoms with Gasteiger partial charge in [-0.3, -0.25) is 4.90 Å². The molecule has 1 aliphatic heterocycles. The summed E-state index contributed by atoms with van der Waals surface area (Å²) >= 11 is 0. The molecule has 134 valence electrons. The minimum Gasteiger partial charge on any atom is -0.497 e. The Morgan fingerprint density at radius 2 is 2.08 bits per heavy atom. The lowest BCUT2D eigenvalue weighted by molar-refractivity contribution is -0.00699. The van der Waals surface area contributed by atoms with E-state index in [0.717, 1.165) is 49.4 Å². The first-order chi connectivity index (χ1) is 12.6. The molecule has 1 saturated carbocycles. The van der Waals surface area contributed by atoms with Crippen LogP contribution in [0.5, 0.6) is 5.75 Å². The fraction of sp³-hybridized carbons (Fsp3) is 0.409. The summed E-state index contributed by atoms with van der Waals surface area (Å²) < 4.78 is 5.34. The van der Waals surface area contributed by atoms with Crippen molar-refractivity contribution < 1.29 is 9.84 Å². The molecule has 4 heteroatoms. The van der Waals surface area contributed by atoms with Crippen LogP contribution < -0.4 is 4.74 Å². The summed E-state index contributed by atoms with van der Waals surface area (Å²) in [4.78, 5) is 2.41. The summed E-state index contributed by atoms with van der Waals surface area (Å²) in [6.07, 6.45) is 1.86. The molecule has 0 bridgehead atoms. The number of benzene rings is 2. The molecule has 2 aromatic carbocycles. The van der Waals surface area contributed by atoms with Gasteiger partial charge >= 0.3 is 0 Å². The molecule has 2 aromatic rings. The molecule has 0 radical (unpaired) electrons. The first-order valence-corrected chi connectivity index (χ1v) is 9.20. The highest BCUT2D eigenvalue weighted by molar-refractivity contribution is 5.35. The third-order valence-electron chi connectivity index (χ3n) is 6.06. The van der Waals surface area contributed by atoms with E-state index in [-0.39, 0.29) is 5.92 Å². The molecular formula is C22H24N2O2. The Kier molecular flexibility index (Phi) is 4.44. The predicted octanol–water partition coefficient (Wildman–Crippen LogP) is 3.30. The zero-order chi connectivity index (χ0) is 18.1. The Morgan fingerprint density at radius 3 is 2.88 bits per heavy atom. The van der Waals surface area contributed by atoms with Gasteiger partial charge in [0.1, 0.15) is 5.75 Å². The zero-order valence-electron chi connectivity index (χ0n) is 15.1. The van der Waals surface area contributed by atoms with Crippen LogP contribution in [0.3, 0.4) is 0 Å². The van der Waals surface area contributed by atoms with E-state index in [4.69, 9.17) is 10.00 Å². The Morgan fingerprint density at radius 1 is 1.23 bits per heavy atom. The van der Waals surface area contributed by atoms with Crippen molar-refractivity contribution >= 4 is 0 Å².